The van der Waals surface area contributed by atoms with E-state index in [4.69, 9.17) is 5.73 Å². The Kier molecular flexibility index (Phi) is 3.51. The van der Waals surface area contributed by atoms with Gasteiger partial charge in [-0.1, -0.05) is 13.8 Å². The second-order valence-electron chi connectivity index (χ2n) is 6.36. The largest absolute Gasteiger partial charge is 0.398 e. The summed E-state index contributed by atoms with van der Waals surface area (Å²) in [6.45, 7) is 4.70. The molecule has 2 unspecified atom stereocenters. The maximum atomic E-state index is 6.03. The molecule has 3 heteroatoms. The lowest BCUT2D eigenvalue weighted by Gasteiger charge is -2.32. The summed E-state index contributed by atoms with van der Waals surface area (Å²) in [4.78, 5) is 4.50. The van der Waals surface area contributed by atoms with Crippen LogP contribution >= 0.6 is 0 Å². The Balaban J connectivity index is 1.89. The van der Waals surface area contributed by atoms with Crippen molar-refractivity contribution < 1.29 is 0 Å². The number of nitrogens with zero attached hydrogens (tertiary/aromatic N) is 1. The number of hydrogen-bond donors (Lipinski definition) is 2. The first-order valence-corrected chi connectivity index (χ1v) is 7.53. The van der Waals surface area contributed by atoms with Gasteiger partial charge >= 0.3 is 0 Å². The quantitative estimate of drug-likeness (QED) is 0.808. The third kappa shape index (κ3) is 2.58. The molecule has 2 atom stereocenters. The maximum absolute atomic E-state index is 6.03. The fourth-order valence-electron chi connectivity index (χ4n) is 3.60. The molecule has 1 aliphatic rings. The molecule has 1 aliphatic carbocycles. The van der Waals surface area contributed by atoms with Gasteiger partial charge in [0.15, 0.2) is 0 Å². The zero-order valence-electron chi connectivity index (χ0n) is 12.3. The topological polar surface area (TPSA) is 50.9 Å². The minimum Gasteiger partial charge on any atom is -0.398 e. The molecular weight excluding hydrogens is 246 g/mol. The number of hydrogen-bond acceptors (Lipinski definition) is 3. The predicted molar refractivity (Wildman–Crippen MR) is 85.7 cm³/mol. The summed E-state index contributed by atoms with van der Waals surface area (Å²) in [6, 6.07) is 8.56. The van der Waals surface area contributed by atoms with Crippen LogP contribution in [-0.4, -0.2) is 11.0 Å². The van der Waals surface area contributed by atoms with Crippen LogP contribution in [0.5, 0.6) is 0 Å². The van der Waals surface area contributed by atoms with E-state index in [0.29, 0.717) is 6.04 Å². The molecule has 3 N–H and O–H groups in total. The van der Waals surface area contributed by atoms with Crippen molar-refractivity contribution in [1.29, 1.82) is 0 Å². The fraction of sp³-hybridized carbons (Fsp3) is 0.471. The average molecular weight is 269 g/mol. The van der Waals surface area contributed by atoms with E-state index in [1.165, 1.54) is 19.3 Å². The highest BCUT2D eigenvalue weighted by molar-refractivity contribution is 5.98. The number of fused-ring (bicyclic) bond motifs is 1. The molecule has 0 amide bonds. The minimum absolute atomic E-state index is 0.544. The highest BCUT2D eigenvalue weighted by atomic mass is 14.9. The molecule has 20 heavy (non-hydrogen) atoms. The second-order valence-corrected chi connectivity index (χ2v) is 6.36. The Morgan fingerprint density at radius 1 is 1.10 bits per heavy atom. The third-order valence-corrected chi connectivity index (χ3v) is 4.34. The second kappa shape index (κ2) is 5.31. The first-order valence-electron chi connectivity index (χ1n) is 7.53. The molecule has 1 saturated carbocycles. The summed E-state index contributed by atoms with van der Waals surface area (Å²) >= 11 is 0. The van der Waals surface area contributed by atoms with Crippen molar-refractivity contribution in [3.8, 4) is 0 Å². The van der Waals surface area contributed by atoms with Gasteiger partial charge in [-0.3, -0.25) is 4.98 Å². The van der Waals surface area contributed by atoms with E-state index >= 15 is 0 Å². The first-order chi connectivity index (χ1) is 9.63. The molecular formula is C17H23N3. The van der Waals surface area contributed by atoms with Crippen molar-refractivity contribution in [3.63, 3.8) is 0 Å². The Bertz CT molecular complexity index is 598. The Labute approximate surface area is 120 Å². The number of pyridine rings is 1. The number of rotatable bonds is 2. The standard InChI is InChI=1S/C17H23N3/c1-11-8-12(2)10-13(9-11)20-16-6-5-15(18)14-4-3-7-19-17(14)16/h3-7,11-13,20H,8-10,18H2,1-2H3. The summed E-state index contributed by atoms with van der Waals surface area (Å²) in [5.41, 5.74) is 8.93. The van der Waals surface area contributed by atoms with E-state index in [9.17, 15) is 0 Å². The van der Waals surface area contributed by atoms with Crippen molar-refractivity contribution >= 4 is 22.3 Å². The molecule has 0 radical (unpaired) electrons. The van der Waals surface area contributed by atoms with Crippen LogP contribution in [0, 0.1) is 11.8 Å². The Hall–Kier alpha value is -1.77. The SMILES string of the molecule is CC1CC(C)CC(Nc2ccc(N)c3cccnc23)C1. The molecule has 106 valence electrons. The van der Waals surface area contributed by atoms with Gasteiger partial charge in [-0.15, -0.1) is 0 Å². The summed E-state index contributed by atoms with van der Waals surface area (Å²) < 4.78 is 0. The Morgan fingerprint density at radius 3 is 2.60 bits per heavy atom. The van der Waals surface area contributed by atoms with E-state index in [2.05, 4.69) is 30.2 Å². The lowest BCUT2D eigenvalue weighted by molar-refractivity contribution is 0.281. The zero-order chi connectivity index (χ0) is 14.1. The number of nitrogens with two attached hydrogens (primary N) is 1. The van der Waals surface area contributed by atoms with Crippen molar-refractivity contribution in [2.24, 2.45) is 11.8 Å². The molecule has 1 aromatic carbocycles. The highest BCUT2D eigenvalue weighted by Crippen LogP contribution is 2.33. The van der Waals surface area contributed by atoms with Crippen LogP contribution in [0.25, 0.3) is 10.9 Å². The third-order valence-electron chi connectivity index (χ3n) is 4.34. The van der Waals surface area contributed by atoms with Crippen molar-refractivity contribution in [2.45, 2.75) is 39.2 Å². The summed E-state index contributed by atoms with van der Waals surface area (Å²) in [5, 5.41) is 4.73. The van der Waals surface area contributed by atoms with Gasteiger partial charge in [0.25, 0.3) is 0 Å². The van der Waals surface area contributed by atoms with Gasteiger partial charge in [-0.05, 0) is 55.4 Å². The van der Waals surface area contributed by atoms with Gasteiger partial charge < -0.3 is 11.1 Å². The van der Waals surface area contributed by atoms with Gasteiger partial charge in [-0.25, -0.2) is 0 Å². The summed E-state index contributed by atoms with van der Waals surface area (Å²) in [7, 11) is 0. The number of aromatic nitrogens is 1. The van der Waals surface area contributed by atoms with E-state index in [1.54, 1.807) is 0 Å². The number of anilines is 2. The van der Waals surface area contributed by atoms with Crippen LogP contribution < -0.4 is 11.1 Å². The number of nitrogen functional groups attached to an aromatic ring is 1. The zero-order valence-corrected chi connectivity index (χ0v) is 12.3. The van der Waals surface area contributed by atoms with Gasteiger partial charge in [0.2, 0.25) is 0 Å². The number of nitrogens with one attached hydrogen (secondary N) is 1. The molecule has 3 rings (SSSR count). The van der Waals surface area contributed by atoms with Crippen LogP contribution in [0.2, 0.25) is 0 Å². The molecule has 1 fully saturated rings. The summed E-state index contributed by atoms with van der Waals surface area (Å²) in [5.74, 6) is 1.59. The van der Waals surface area contributed by atoms with Crippen molar-refractivity contribution in [3.05, 3.63) is 30.5 Å². The van der Waals surface area contributed by atoms with E-state index in [0.717, 1.165) is 34.1 Å². The summed E-state index contributed by atoms with van der Waals surface area (Å²) in [6.07, 6.45) is 5.66. The van der Waals surface area contributed by atoms with E-state index in [-0.39, 0.29) is 0 Å². The van der Waals surface area contributed by atoms with Gasteiger partial charge in [0.05, 0.1) is 11.2 Å². The lowest BCUT2D eigenvalue weighted by atomic mass is 9.80. The average Bonchev–Trinajstić information content (AvgIpc) is 2.41. The van der Waals surface area contributed by atoms with Gasteiger partial charge in [-0.2, -0.15) is 0 Å². The van der Waals surface area contributed by atoms with Crippen LogP contribution in [-0.2, 0) is 0 Å². The van der Waals surface area contributed by atoms with Crippen molar-refractivity contribution in [1.82, 2.24) is 4.98 Å². The molecule has 2 aromatic rings. The minimum atomic E-state index is 0.544. The molecule has 0 bridgehead atoms. The highest BCUT2D eigenvalue weighted by Gasteiger charge is 2.24. The molecule has 0 saturated heterocycles. The van der Waals surface area contributed by atoms with Gasteiger partial charge in [0, 0.05) is 23.3 Å². The number of benzene rings is 1. The van der Waals surface area contributed by atoms with Gasteiger partial charge in [0.1, 0.15) is 0 Å². The lowest BCUT2D eigenvalue weighted by Crippen LogP contribution is -2.30. The predicted octanol–water partition coefficient (Wildman–Crippen LogP) is 4.05. The molecule has 1 aromatic heterocycles. The van der Waals surface area contributed by atoms with E-state index < -0.39 is 0 Å². The van der Waals surface area contributed by atoms with Crippen LogP contribution in [0.1, 0.15) is 33.1 Å². The molecule has 0 spiro atoms. The smallest absolute Gasteiger partial charge is 0.0953 e. The first kappa shape index (κ1) is 13.2. The molecule has 1 heterocycles. The Morgan fingerprint density at radius 2 is 1.85 bits per heavy atom. The van der Waals surface area contributed by atoms with Crippen molar-refractivity contribution in [2.75, 3.05) is 11.1 Å². The molecule has 0 aliphatic heterocycles. The van der Waals surface area contributed by atoms with Crippen LogP contribution in [0.15, 0.2) is 30.5 Å². The monoisotopic (exact) mass is 269 g/mol. The fourth-order valence-corrected chi connectivity index (χ4v) is 3.60. The van der Waals surface area contributed by atoms with E-state index in [1.807, 2.05) is 24.4 Å². The van der Waals surface area contributed by atoms with Crippen LogP contribution in [0.4, 0.5) is 11.4 Å². The maximum Gasteiger partial charge on any atom is 0.0953 e. The molecule has 3 nitrogen and oxygen atoms in total. The normalized spacial score (nSPS) is 26.6. The van der Waals surface area contributed by atoms with Crippen LogP contribution in [0.3, 0.4) is 0 Å².